The van der Waals surface area contributed by atoms with Crippen LogP contribution >= 0.6 is 11.6 Å². The van der Waals surface area contributed by atoms with Gasteiger partial charge in [-0.1, -0.05) is 66.2 Å². The van der Waals surface area contributed by atoms with Crippen LogP contribution in [-0.2, 0) is 19.6 Å². The van der Waals surface area contributed by atoms with E-state index in [1.807, 2.05) is 0 Å². The van der Waals surface area contributed by atoms with Gasteiger partial charge in [0.15, 0.2) is 0 Å². The van der Waals surface area contributed by atoms with Gasteiger partial charge in [-0.25, -0.2) is 8.42 Å². The van der Waals surface area contributed by atoms with Gasteiger partial charge in [0.25, 0.3) is 0 Å². The summed E-state index contributed by atoms with van der Waals surface area (Å²) in [5, 5.41) is 10.7. The highest BCUT2D eigenvalue weighted by Gasteiger charge is 2.68. The Morgan fingerprint density at radius 1 is 0.970 bits per heavy atom. The van der Waals surface area contributed by atoms with Crippen LogP contribution in [0.25, 0.3) is 11.1 Å². The first-order valence-corrected chi connectivity index (χ1v) is 11.9. The first-order valence-electron chi connectivity index (χ1n) is 10.1. The monoisotopic (exact) mass is 484 g/mol. The molecule has 1 saturated carbocycles. The van der Waals surface area contributed by atoms with E-state index in [-0.39, 0.29) is 11.3 Å². The van der Waals surface area contributed by atoms with Crippen molar-refractivity contribution in [2.24, 2.45) is 5.73 Å². The number of sulfonamides is 1. The van der Waals surface area contributed by atoms with Crippen molar-refractivity contribution in [3.63, 3.8) is 0 Å². The van der Waals surface area contributed by atoms with Gasteiger partial charge in [0.05, 0.1) is 11.4 Å². The van der Waals surface area contributed by atoms with Crippen LogP contribution in [0.3, 0.4) is 0 Å². The van der Waals surface area contributed by atoms with Gasteiger partial charge in [0.1, 0.15) is 5.54 Å². The molecule has 4 rings (SSSR count). The van der Waals surface area contributed by atoms with E-state index >= 15 is 0 Å². The summed E-state index contributed by atoms with van der Waals surface area (Å²) in [4.78, 5) is 24.0. The third kappa shape index (κ3) is 4.25. The Bertz CT molecular complexity index is 1290. The van der Waals surface area contributed by atoms with Crippen molar-refractivity contribution in [1.82, 2.24) is 4.31 Å². The van der Waals surface area contributed by atoms with E-state index in [1.54, 1.807) is 66.7 Å². The lowest BCUT2D eigenvalue weighted by molar-refractivity contribution is -0.143. The van der Waals surface area contributed by atoms with Crippen LogP contribution in [0.5, 0.6) is 0 Å². The van der Waals surface area contributed by atoms with E-state index < -0.39 is 39.9 Å². The molecule has 170 valence electrons. The zero-order valence-electron chi connectivity index (χ0n) is 17.4. The fourth-order valence-corrected chi connectivity index (χ4v) is 5.99. The maximum Gasteiger partial charge on any atom is 0.325 e. The number of halogens is 1. The second-order valence-electron chi connectivity index (χ2n) is 7.91. The van der Waals surface area contributed by atoms with Crippen molar-refractivity contribution in [3.8, 4) is 11.1 Å². The van der Waals surface area contributed by atoms with Gasteiger partial charge >= 0.3 is 5.97 Å². The molecule has 9 heteroatoms. The van der Waals surface area contributed by atoms with Crippen LogP contribution in [0.1, 0.15) is 17.9 Å². The molecule has 1 amide bonds. The Kier molecular flexibility index (Phi) is 6.00. The number of hydrogen-bond donors (Lipinski definition) is 2. The number of carbonyl (C=O) groups is 2. The average Bonchev–Trinajstić information content (AvgIpc) is 3.55. The molecular weight excluding hydrogens is 464 g/mol. The minimum absolute atomic E-state index is 0.0434. The van der Waals surface area contributed by atoms with Crippen molar-refractivity contribution in [3.05, 3.63) is 89.4 Å². The van der Waals surface area contributed by atoms with Crippen molar-refractivity contribution >= 4 is 33.5 Å². The molecule has 0 aromatic heterocycles. The molecule has 0 aliphatic heterocycles. The Morgan fingerprint density at radius 3 is 2.03 bits per heavy atom. The van der Waals surface area contributed by atoms with E-state index in [4.69, 9.17) is 17.3 Å². The largest absolute Gasteiger partial charge is 0.480 e. The van der Waals surface area contributed by atoms with Gasteiger partial charge in [-0.15, -0.1) is 0 Å². The van der Waals surface area contributed by atoms with Crippen LogP contribution < -0.4 is 5.73 Å². The van der Waals surface area contributed by atoms with Crippen LogP contribution in [-0.4, -0.2) is 41.8 Å². The number of rotatable bonds is 8. The van der Waals surface area contributed by atoms with Gasteiger partial charge in [0.2, 0.25) is 15.9 Å². The molecule has 0 bridgehead atoms. The summed E-state index contributed by atoms with van der Waals surface area (Å²) in [6, 6.07) is 21.9. The number of amides is 1. The minimum Gasteiger partial charge on any atom is -0.480 e. The van der Waals surface area contributed by atoms with Gasteiger partial charge in [0, 0.05) is 10.9 Å². The highest BCUT2D eigenvalue weighted by Crippen LogP contribution is 2.57. The summed E-state index contributed by atoms with van der Waals surface area (Å²) in [6.07, 6.45) is 0.0434. The SMILES string of the molecule is NC(=O)CN(C1(C(=O)O)C[C@H]1c1ccccc1)S(=O)(=O)c1ccc(-c2ccc(Cl)cc2)cc1. The number of primary amides is 1. The molecule has 0 spiro atoms. The molecule has 1 aliphatic carbocycles. The summed E-state index contributed by atoms with van der Waals surface area (Å²) >= 11 is 5.92. The first-order chi connectivity index (χ1) is 15.7. The summed E-state index contributed by atoms with van der Waals surface area (Å²) in [5.74, 6) is -2.85. The summed E-state index contributed by atoms with van der Waals surface area (Å²) in [7, 11) is -4.35. The molecule has 1 unspecified atom stereocenters. The van der Waals surface area contributed by atoms with Crippen molar-refractivity contribution in [1.29, 1.82) is 0 Å². The lowest BCUT2D eigenvalue weighted by Gasteiger charge is -2.28. The lowest BCUT2D eigenvalue weighted by Crippen LogP contribution is -2.51. The van der Waals surface area contributed by atoms with E-state index in [0.29, 0.717) is 10.6 Å². The fraction of sp³-hybridized carbons (Fsp3) is 0.167. The normalized spacial score (nSPS) is 19.9. The van der Waals surface area contributed by atoms with E-state index in [0.717, 1.165) is 15.4 Å². The van der Waals surface area contributed by atoms with Gasteiger partial charge < -0.3 is 10.8 Å². The number of nitrogens with two attached hydrogens (primary N) is 1. The third-order valence-corrected chi connectivity index (χ3v) is 8.02. The molecule has 3 aromatic carbocycles. The molecule has 3 aromatic rings. The van der Waals surface area contributed by atoms with Gasteiger partial charge in [-0.05, 0) is 47.4 Å². The van der Waals surface area contributed by atoms with Crippen LogP contribution in [0, 0.1) is 0 Å². The zero-order valence-corrected chi connectivity index (χ0v) is 19.0. The fourth-order valence-electron chi connectivity index (χ4n) is 4.12. The molecule has 0 heterocycles. The van der Waals surface area contributed by atoms with Crippen LogP contribution in [0.2, 0.25) is 5.02 Å². The highest BCUT2D eigenvalue weighted by molar-refractivity contribution is 7.89. The average molecular weight is 485 g/mol. The second kappa shape index (κ2) is 8.62. The first kappa shape index (κ1) is 23.0. The summed E-state index contributed by atoms with van der Waals surface area (Å²) in [5.41, 5.74) is 5.83. The van der Waals surface area contributed by atoms with Crippen molar-refractivity contribution in [2.45, 2.75) is 22.8 Å². The maximum atomic E-state index is 13.6. The highest BCUT2D eigenvalue weighted by atomic mass is 35.5. The van der Waals surface area contributed by atoms with Gasteiger partial charge in [-0.2, -0.15) is 4.31 Å². The predicted octanol–water partition coefficient (Wildman–Crippen LogP) is 3.49. The Labute approximate surface area is 196 Å². The van der Waals surface area contributed by atoms with E-state index in [2.05, 4.69) is 0 Å². The standard InChI is InChI=1S/C24H21ClN2O5S/c25-19-10-6-16(7-11-19)17-8-12-20(13-9-17)33(31,32)27(15-22(26)28)24(23(29)30)14-21(24)18-4-2-1-3-5-18/h1-13,21H,14-15H2,(H2,26,28)(H,29,30)/t21-,24?/m0/s1. The number of aliphatic carboxylic acids is 1. The number of carboxylic acid groups (broad SMARTS) is 1. The minimum atomic E-state index is -4.35. The topological polar surface area (TPSA) is 118 Å². The smallest absolute Gasteiger partial charge is 0.325 e. The molecule has 0 radical (unpaired) electrons. The van der Waals surface area contributed by atoms with Crippen LogP contribution in [0.15, 0.2) is 83.8 Å². The molecule has 3 N–H and O–H groups in total. The molecule has 1 aliphatic rings. The summed E-state index contributed by atoms with van der Waals surface area (Å²) < 4.78 is 27.9. The number of nitrogens with zero attached hydrogens (tertiary/aromatic N) is 1. The summed E-state index contributed by atoms with van der Waals surface area (Å²) in [6.45, 7) is -0.739. The van der Waals surface area contributed by atoms with E-state index in [9.17, 15) is 23.1 Å². The molecule has 0 saturated heterocycles. The second-order valence-corrected chi connectivity index (χ2v) is 10.2. The Hall–Kier alpha value is -3.20. The predicted molar refractivity (Wildman–Crippen MR) is 124 cm³/mol. The molecule has 1 fully saturated rings. The molecule has 7 nitrogen and oxygen atoms in total. The van der Waals surface area contributed by atoms with Gasteiger partial charge in [-0.3, -0.25) is 9.59 Å². The Balaban J connectivity index is 1.73. The van der Waals surface area contributed by atoms with E-state index in [1.165, 1.54) is 12.1 Å². The zero-order chi connectivity index (χ0) is 23.8. The number of carbonyl (C=O) groups excluding carboxylic acids is 1. The lowest BCUT2D eigenvalue weighted by atomic mass is 10.1. The molecule has 33 heavy (non-hydrogen) atoms. The maximum absolute atomic E-state index is 13.6. The third-order valence-electron chi connectivity index (χ3n) is 5.87. The number of hydrogen-bond acceptors (Lipinski definition) is 4. The molecular formula is C24H21ClN2O5S. The van der Waals surface area contributed by atoms with Crippen molar-refractivity contribution < 1.29 is 23.1 Å². The molecule has 2 atom stereocenters. The quantitative estimate of drug-likeness (QED) is 0.507. The number of carboxylic acids is 1. The Morgan fingerprint density at radius 2 is 1.52 bits per heavy atom. The van der Waals surface area contributed by atoms with Crippen LogP contribution in [0.4, 0.5) is 0 Å². The number of benzene rings is 3. The van der Waals surface area contributed by atoms with Crippen molar-refractivity contribution in [2.75, 3.05) is 6.54 Å².